The third kappa shape index (κ3) is 3.21. The van der Waals surface area contributed by atoms with Crippen molar-refractivity contribution >= 4 is 0 Å². The van der Waals surface area contributed by atoms with Gasteiger partial charge in [-0.15, -0.1) is 0 Å². The lowest BCUT2D eigenvalue weighted by Crippen LogP contribution is -2.40. The molecule has 0 bridgehead atoms. The van der Waals surface area contributed by atoms with Gasteiger partial charge in [-0.3, -0.25) is 0 Å². The maximum atomic E-state index is 6.19. The molecule has 0 aliphatic carbocycles. The first-order chi connectivity index (χ1) is 7.85. The maximum absolute atomic E-state index is 6.19. The van der Waals surface area contributed by atoms with Crippen LogP contribution >= 0.6 is 0 Å². The molecule has 94 valence electrons. The van der Waals surface area contributed by atoms with E-state index >= 15 is 0 Å². The van der Waals surface area contributed by atoms with Crippen molar-refractivity contribution < 1.29 is 9.47 Å². The molecule has 0 saturated carbocycles. The van der Waals surface area contributed by atoms with Crippen LogP contribution in [0.3, 0.4) is 0 Å². The van der Waals surface area contributed by atoms with Crippen LogP contribution in [0, 0.1) is 0 Å². The predicted molar refractivity (Wildman–Crippen MR) is 65.4 cm³/mol. The minimum absolute atomic E-state index is 0.159. The Morgan fingerprint density at radius 1 is 1.12 bits per heavy atom. The largest absolute Gasteiger partial charge is 0.350 e. The molecule has 2 saturated heterocycles. The zero-order valence-corrected chi connectivity index (χ0v) is 10.7. The molecule has 0 aromatic heterocycles. The molecular formula is C14H26O2. The van der Waals surface area contributed by atoms with Crippen molar-refractivity contribution in [2.24, 2.45) is 0 Å². The van der Waals surface area contributed by atoms with E-state index in [1.165, 1.54) is 51.4 Å². The minimum Gasteiger partial charge on any atom is -0.350 e. The van der Waals surface area contributed by atoms with Crippen molar-refractivity contribution in [3.05, 3.63) is 0 Å². The van der Waals surface area contributed by atoms with Crippen LogP contribution in [0.2, 0.25) is 0 Å². The molecule has 0 aromatic rings. The van der Waals surface area contributed by atoms with E-state index in [9.17, 15) is 0 Å². The normalized spacial score (nSPS) is 34.7. The van der Waals surface area contributed by atoms with Crippen LogP contribution in [0.1, 0.15) is 71.1 Å². The SMILES string of the molecule is CCCCCC[C@@H]1CCC[C@]2(CCCO2)O1. The van der Waals surface area contributed by atoms with E-state index in [1.807, 2.05) is 0 Å². The molecule has 0 amide bonds. The summed E-state index contributed by atoms with van der Waals surface area (Å²) in [5, 5.41) is 0. The highest BCUT2D eigenvalue weighted by molar-refractivity contribution is 4.82. The molecule has 0 unspecified atom stereocenters. The smallest absolute Gasteiger partial charge is 0.168 e. The van der Waals surface area contributed by atoms with Gasteiger partial charge in [0.05, 0.1) is 12.7 Å². The molecule has 2 heteroatoms. The number of ether oxygens (including phenoxy) is 2. The molecule has 0 N–H and O–H groups in total. The highest BCUT2D eigenvalue weighted by atomic mass is 16.7. The van der Waals surface area contributed by atoms with Crippen molar-refractivity contribution in [3.63, 3.8) is 0 Å². The first-order valence-electron chi connectivity index (χ1n) is 7.16. The molecule has 2 nitrogen and oxygen atoms in total. The zero-order valence-electron chi connectivity index (χ0n) is 10.7. The number of unbranched alkanes of at least 4 members (excludes halogenated alkanes) is 3. The first-order valence-corrected chi connectivity index (χ1v) is 7.16. The van der Waals surface area contributed by atoms with Crippen LogP contribution in [0.25, 0.3) is 0 Å². The van der Waals surface area contributed by atoms with Crippen LogP contribution < -0.4 is 0 Å². The second-order valence-corrected chi connectivity index (χ2v) is 5.34. The lowest BCUT2D eigenvalue weighted by molar-refractivity contribution is -0.258. The van der Waals surface area contributed by atoms with Crippen LogP contribution in [0.5, 0.6) is 0 Å². The third-order valence-corrected chi connectivity index (χ3v) is 3.91. The lowest BCUT2D eigenvalue weighted by atomic mass is 9.96. The van der Waals surface area contributed by atoms with E-state index in [0.717, 1.165) is 19.4 Å². The van der Waals surface area contributed by atoms with Crippen molar-refractivity contribution in [2.75, 3.05) is 6.61 Å². The molecule has 2 fully saturated rings. The summed E-state index contributed by atoms with van der Waals surface area (Å²) in [6.45, 7) is 3.17. The molecule has 0 aromatic carbocycles. The summed E-state index contributed by atoms with van der Waals surface area (Å²) in [6, 6.07) is 0. The van der Waals surface area contributed by atoms with Gasteiger partial charge in [-0.1, -0.05) is 32.6 Å². The summed E-state index contributed by atoms with van der Waals surface area (Å²) in [5.74, 6) is -0.159. The van der Waals surface area contributed by atoms with E-state index in [2.05, 4.69) is 6.92 Å². The summed E-state index contributed by atoms with van der Waals surface area (Å²) in [5.41, 5.74) is 0. The van der Waals surface area contributed by atoms with Gasteiger partial charge in [0.25, 0.3) is 0 Å². The van der Waals surface area contributed by atoms with E-state index in [0.29, 0.717) is 6.10 Å². The molecule has 0 radical (unpaired) electrons. The predicted octanol–water partition coefficient (Wildman–Crippen LogP) is 4.03. The summed E-state index contributed by atoms with van der Waals surface area (Å²) in [7, 11) is 0. The molecule has 2 rings (SSSR count). The first kappa shape index (κ1) is 12.4. The fourth-order valence-corrected chi connectivity index (χ4v) is 2.98. The van der Waals surface area contributed by atoms with E-state index < -0.39 is 0 Å². The Morgan fingerprint density at radius 3 is 2.75 bits per heavy atom. The Balaban J connectivity index is 1.70. The topological polar surface area (TPSA) is 18.5 Å². The van der Waals surface area contributed by atoms with Gasteiger partial charge in [0, 0.05) is 12.8 Å². The number of hydrogen-bond acceptors (Lipinski definition) is 2. The summed E-state index contributed by atoms with van der Waals surface area (Å²) < 4.78 is 12.0. The van der Waals surface area contributed by atoms with E-state index in [4.69, 9.17) is 9.47 Å². The fraction of sp³-hybridized carbons (Fsp3) is 1.00. The van der Waals surface area contributed by atoms with Gasteiger partial charge in [-0.05, 0) is 25.7 Å². The molecule has 2 heterocycles. The van der Waals surface area contributed by atoms with Gasteiger partial charge in [0.1, 0.15) is 0 Å². The Morgan fingerprint density at radius 2 is 2.00 bits per heavy atom. The Labute approximate surface area is 99.7 Å². The molecule has 2 aliphatic rings. The molecule has 2 aliphatic heterocycles. The van der Waals surface area contributed by atoms with Crippen molar-refractivity contribution in [2.45, 2.75) is 83.0 Å². The maximum Gasteiger partial charge on any atom is 0.168 e. The van der Waals surface area contributed by atoms with Gasteiger partial charge in [-0.25, -0.2) is 0 Å². The Hall–Kier alpha value is -0.0800. The second kappa shape index (κ2) is 6.02. The molecule has 1 spiro atoms. The van der Waals surface area contributed by atoms with Crippen molar-refractivity contribution in [3.8, 4) is 0 Å². The molecule has 16 heavy (non-hydrogen) atoms. The van der Waals surface area contributed by atoms with Gasteiger partial charge >= 0.3 is 0 Å². The second-order valence-electron chi connectivity index (χ2n) is 5.34. The number of rotatable bonds is 5. The average Bonchev–Trinajstić information content (AvgIpc) is 2.73. The van der Waals surface area contributed by atoms with E-state index in [-0.39, 0.29) is 5.79 Å². The Bertz CT molecular complexity index is 197. The lowest BCUT2D eigenvalue weighted by Gasteiger charge is -2.37. The van der Waals surface area contributed by atoms with Gasteiger partial charge in [0.15, 0.2) is 5.79 Å². The quantitative estimate of drug-likeness (QED) is 0.659. The van der Waals surface area contributed by atoms with Crippen molar-refractivity contribution in [1.29, 1.82) is 0 Å². The van der Waals surface area contributed by atoms with Crippen LogP contribution in [-0.2, 0) is 9.47 Å². The van der Waals surface area contributed by atoms with Crippen LogP contribution in [-0.4, -0.2) is 18.5 Å². The standard InChI is InChI=1S/C14H26O2/c1-2-3-4-5-8-13-9-6-10-14(16-13)11-7-12-15-14/h13H,2-12H2,1H3/t13-,14-/m1/s1. The highest BCUT2D eigenvalue weighted by Crippen LogP contribution is 2.38. The van der Waals surface area contributed by atoms with Crippen LogP contribution in [0.15, 0.2) is 0 Å². The van der Waals surface area contributed by atoms with Crippen LogP contribution in [0.4, 0.5) is 0 Å². The van der Waals surface area contributed by atoms with Crippen molar-refractivity contribution in [1.82, 2.24) is 0 Å². The van der Waals surface area contributed by atoms with Gasteiger partial charge < -0.3 is 9.47 Å². The zero-order chi connectivity index (χ0) is 11.3. The summed E-state index contributed by atoms with van der Waals surface area (Å²) in [6.07, 6.45) is 13.1. The third-order valence-electron chi connectivity index (χ3n) is 3.91. The monoisotopic (exact) mass is 226 g/mol. The minimum atomic E-state index is -0.159. The van der Waals surface area contributed by atoms with Gasteiger partial charge in [-0.2, -0.15) is 0 Å². The highest BCUT2D eigenvalue weighted by Gasteiger charge is 2.40. The fourth-order valence-electron chi connectivity index (χ4n) is 2.98. The summed E-state index contributed by atoms with van der Waals surface area (Å²) in [4.78, 5) is 0. The van der Waals surface area contributed by atoms with E-state index in [1.54, 1.807) is 0 Å². The number of hydrogen-bond donors (Lipinski definition) is 0. The average molecular weight is 226 g/mol. The molecule has 2 atom stereocenters. The van der Waals surface area contributed by atoms with Gasteiger partial charge in [0.2, 0.25) is 0 Å². The summed E-state index contributed by atoms with van der Waals surface area (Å²) >= 11 is 0. The molecular weight excluding hydrogens is 200 g/mol. The Kier molecular flexibility index (Phi) is 4.66.